The number of hydrogen-bond donors (Lipinski definition) is 3. The number of carbonyl (C=O) groups is 1. The Bertz CT molecular complexity index is 1210. The Labute approximate surface area is 209 Å². The lowest BCUT2D eigenvalue weighted by Crippen LogP contribution is -2.42. The number of benzene rings is 1. The van der Waals surface area contributed by atoms with Crippen LogP contribution in [0.5, 0.6) is 11.5 Å². The molecule has 0 atom stereocenters. The summed E-state index contributed by atoms with van der Waals surface area (Å²) >= 11 is 0. The fourth-order valence-electron chi connectivity index (χ4n) is 3.98. The van der Waals surface area contributed by atoms with Crippen molar-refractivity contribution in [2.45, 2.75) is 64.1 Å². The number of halogens is 1. The smallest absolute Gasteiger partial charge is 0.407 e. The summed E-state index contributed by atoms with van der Waals surface area (Å²) in [6, 6.07) is 9.62. The molecule has 0 radical (unpaired) electrons. The zero-order valence-electron chi connectivity index (χ0n) is 20.6. The van der Waals surface area contributed by atoms with Crippen LogP contribution in [-0.2, 0) is 4.74 Å². The highest BCUT2D eigenvalue weighted by Gasteiger charge is 2.25. The summed E-state index contributed by atoms with van der Waals surface area (Å²) in [6.45, 7) is 5.54. The molecule has 3 aromatic rings. The van der Waals surface area contributed by atoms with Crippen molar-refractivity contribution in [1.82, 2.24) is 20.3 Å². The lowest BCUT2D eigenvalue weighted by Gasteiger charge is -2.30. The average Bonchev–Trinajstić information content (AvgIpc) is 2.81. The van der Waals surface area contributed by atoms with Gasteiger partial charge in [-0.05, 0) is 76.8 Å². The molecule has 0 saturated heterocycles. The first-order valence-corrected chi connectivity index (χ1v) is 11.9. The predicted octanol–water partition coefficient (Wildman–Crippen LogP) is 5.30. The Balaban J connectivity index is 1.39. The minimum absolute atomic E-state index is 0.0441. The number of hydrogen-bond acceptors (Lipinski definition) is 8. The van der Waals surface area contributed by atoms with Crippen LogP contribution < -0.4 is 21.1 Å². The Hall–Kier alpha value is -3.95. The fourth-order valence-corrected chi connectivity index (χ4v) is 3.98. The van der Waals surface area contributed by atoms with Gasteiger partial charge in [0.15, 0.2) is 17.3 Å². The molecule has 0 bridgehead atoms. The summed E-state index contributed by atoms with van der Waals surface area (Å²) in [7, 11) is 0. The molecule has 2 heterocycles. The van der Waals surface area contributed by atoms with Gasteiger partial charge in [0.25, 0.3) is 0 Å². The summed E-state index contributed by atoms with van der Waals surface area (Å²) < 4.78 is 25.4. The van der Waals surface area contributed by atoms with Gasteiger partial charge in [-0.2, -0.15) is 0 Å². The Morgan fingerprint density at radius 3 is 2.50 bits per heavy atom. The van der Waals surface area contributed by atoms with Crippen LogP contribution in [0, 0.1) is 5.82 Å². The summed E-state index contributed by atoms with van der Waals surface area (Å²) in [5.74, 6) is 0.306. The first-order chi connectivity index (χ1) is 17.2. The number of nitrogens with one attached hydrogen (secondary N) is 2. The molecule has 4 rings (SSSR count). The molecule has 1 amide bonds. The number of pyridine rings is 1. The number of aromatic nitrogens is 3. The number of nitrogens with two attached hydrogens (primary N) is 1. The molecule has 1 aromatic carbocycles. The summed E-state index contributed by atoms with van der Waals surface area (Å²) in [5.41, 5.74) is 6.43. The van der Waals surface area contributed by atoms with E-state index in [0.29, 0.717) is 28.8 Å². The first-order valence-electron chi connectivity index (χ1n) is 11.9. The summed E-state index contributed by atoms with van der Waals surface area (Å²) in [4.78, 5) is 25.4. The van der Waals surface area contributed by atoms with E-state index in [1.807, 2.05) is 20.8 Å². The molecule has 190 valence electrons. The first kappa shape index (κ1) is 25.2. The van der Waals surface area contributed by atoms with Crippen LogP contribution >= 0.6 is 0 Å². The average molecular weight is 495 g/mol. The molecule has 1 aliphatic carbocycles. The van der Waals surface area contributed by atoms with Crippen LogP contribution in [0.15, 0.2) is 48.8 Å². The second-order valence-electron chi connectivity index (χ2n) is 9.75. The predicted molar refractivity (Wildman–Crippen MR) is 135 cm³/mol. The van der Waals surface area contributed by atoms with Crippen LogP contribution in [0.1, 0.15) is 46.5 Å². The van der Waals surface area contributed by atoms with E-state index in [0.717, 1.165) is 25.7 Å². The molecule has 4 N–H and O–H groups in total. The molecule has 0 aliphatic heterocycles. The highest BCUT2D eigenvalue weighted by Crippen LogP contribution is 2.32. The lowest BCUT2D eigenvalue weighted by molar-refractivity contribution is 0.0492. The number of rotatable bonds is 6. The van der Waals surface area contributed by atoms with E-state index in [1.54, 1.807) is 36.7 Å². The van der Waals surface area contributed by atoms with Crippen molar-refractivity contribution in [3.05, 3.63) is 54.6 Å². The normalized spacial score (nSPS) is 17.8. The lowest BCUT2D eigenvalue weighted by atomic mass is 9.91. The molecule has 0 spiro atoms. The topological polar surface area (TPSA) is 124 Å². The van der Waals surface area contributed by atoms with E-state index < -0.39 is 11.4 Å². The van der Waals surface area contributed by atoms with Crippen molar-refractivity contribution in [2.24, 2.45) is 0 Å². The number of nitrogen functional groups attached to an aromatic ring is 1. The Morgan fingerprint density at radius 2 is 1.78 bits per heavy atom. The van der Waals surface area contributed by atoms with E-state index in [-0.39, 0.29) is 23.9 Å². The Morgan fingerprint density at radius 1 is 1.03 bits per heavy atom. The van der Waals surface area contributed by atoms with E-state index in [9.17, 15) is 9.18 Å². The number of carbonyl (C=O) groups excluding carboxylic acids is 1. The summed E-state index contributed by atoms with van der Waals surface area (Å²) in [6.07, 6.45) is 6.22. The number of anilines is 2. The fraction of sp³-hybridized carbons (Fsp3) is 0.385. The second kappa shape index (κ2) is 10.8. The van der Waals surface area contributed by atoms with Gasteiger partial charge in [0, 0.05) is 36.2 Å². The van der Waals surface area contributed by atoms with Gasteiger partial charge in [0.1, 0.15) is 11.3 Å². The van der Waals surface area contributed by atoms with Crippen molar-refractivity contribution in [2.75, 3.05) is 11.1 Å². The zero-order chi connectivity index (χ0) is 25.7. The summed E-state index contributed by atoms with van der Waals surface area (Å²) in [5, 5.41) is 6.33. The van der Waals surface area contributed by atoms with Gasteiger partial charge in [0.2, 0.25) is 5.95 Å². The van der Waals surface area contributed by atoms with Crippen LogP contribution in [0.2, 0.25) is 0 Å². The Kier molecular flexibility index (Phi) is 7.52. The van der Waals surface area contributed by atoms with Crippen LogP contribution in [0.4, 0.5) is 20.8 Å². The highest BCUT2D eigenvalue weighted by atomic mass is 19.1. The minimum atomic E-state index is -0.563. The van der Waals surface area contributed by atoms with Gasteiger partial charge in [-0.25, -0.2) is 19.2 Å². The van der Waals surface area contributed by atoms with Gasteiger partial charge < -0.3 is 25.8 Å². The number of nitrogens with zero attached hydrogens (tertiary/aromatic N) is 3. The zero-order valence-corrected chi connectivity index (χ0v) is 20.6. The number of amides is 1. The van der Waals surface area contributed by atoms with Crippen molar-refractivity contribution < 1.29 is 18.7 Å². The van der Waals surface area contributed by atoms with Crippen LogP contribution in [0.25, 0.3) is 11.4 Å². The van der Waals surface area contributed by atoms with Gasteiger partial charge in [-0.15, -0.1) is 0 Å². The van der Waals surface area contributed by atoms with E-state index in [2.05, 4.69) is 25.6 Å². The van der Waals surface area contributed by atoms with Gasteiger partial charge in [-0.3, -0.25) is 4.98 Å². The van der Waals surface area contributed by atoms with Crippen LogP contribution in [-0.4, -0.2) is 38.7 Å². The maximum Gasteiger partial charge on any atom is 0.407 e. The molecule has 2 aromatic heterocycles. The molecule has 10 heteroatoms. The monoisotopic (exact) mass is 494 g/mol. The van der Waals surface area contributed by atoms with Crippen molar-refractivity contribution in [1.29, 1.82) is 0 Å². The van der Waals surface area contributed by atoms with Gasteiger partial charge in [0.05, 0.1) is 5.69 Å². The molecule has 1 fully saturated rings. The third-order valence-corrected chi connectivity index (χ3v) is 5.63. The molecular formula is C26H31FN6O3. The highest BCUT2D eigenvalue weighted by molar-refractivity contribution is 5.68. The molecular weight excluding hydrogens is 463 g/mol. The third-order valence-electron chi connectivity index (χ3n) is 5.63. The SMILES string of the molecule is CC(C)(C)OC(=O)NC1CCC(Nc2nccc(-c3ncccc3Oc3ccc(N)cc3F)n2)CC1. The van der Waals surface area contributed by atoms with Gasteiger partial charge in [-0.1, -0.05) is 0 Å². The maximum atomic E-state index is 14.3. The largest absolute Gasteiger partial charge is 0.452 e. The molecule has 1 saturated carbocycles. The molecule has 1 aliphatic rings. The van der Waals surface area contributed by atoms with E-state index >= 15 is 0 Å². The number of alkyl carbamates (subject to hydrolysis) is 1. The molecule has 0 unspecified atom stereocenters. The van der Waals surface area contributed by atoms with Crippen molar-refractivity contribution in [3.63, 3.8) is 0 Å². The second-order valence-corrected chi connectivity index (χ2v) is 9.75. The van der Waals surface area contributed by atoms with Gasteiger partial charge >= 0.3 is 6.09 Å². The van der Waals surface area contributed by atoms with Crippen molar-refractivity contribution in [3.8, 4) is 22.9 Å². The standard InChI is InChI=1S/C26H31FN6O3/c1-26(2,3)36-25(34)32-18-9-7-17(8-10-18)31-24-30-14-12-20(33-24)23-22(5-4-13-29-23)35-21-11-6-16(28)15-19(21)27/h4-6,11-15,17-18H,7-10,28H2,1-3H3,(H,32,34)(H,30,31,33). The third kappa shape index (κ3) is 6.80. The van der Waals surface area contributed by atoms with E-state index in [4.69, 9.17) is 15.2 Å². The van der Waals surface area contributed by atoms with Crippen LogP contribution in [0.3, 0.4) is 0 Å². The maximum absolute atomic E-state index is 14.3. The quantitative estimate of drug-likeness (QED) is 0.394. The molecule has 9 nitrogen and oxygen atoms in total. The molecule has 36 heavy (non-hydrogen) atoms. The minimum Gasteiger partial charge on any atom is -0.452 e. The number of ether oxygens (including phenoxy) is 2. The van der Waals surface area contributed by atoms with E-state index in [1.165, 1.54) is 12.1 Å². The van der Waals surface area contributed by atoms with Crippen molar-refractivity contribution >= 4 is 17.7 Å².